The molecule has 0 aliphatic carbocycles. The van der Waals surface area contributed by atoms with Crippen LogP contribution in [0.2, 0.25) is 5.02 Å². The van der Waals surface area contributed by atoms with Gasteiger partial charge in [0, 0.05) is 5.02 Å². The number of benzene rings is 2. The van der Waals surface area contributed by atoms with Gasteiger partial charge in [0.1, 0.15) is 5.75 Å². The number of carbonyl (C=O) groups excluding carboxylic acids is 1. The van der Waals surface area contributed by atoms with E-state index >= 15 is 0 Å². The van der Waals surface area contributed by atoms with Crippen LogP contribution in [-0.2, 0) is 4.74 Å². The Balaban J connectivity index is 2.37. The second-order valence-electron chi connectivity index (χ2n) is 4.33. The smallest absolute Gasteiger partial charge is 0.338 e. The molecule has 0 spiro atoms. The standard InChI is InChI=1S/C17H15ClO3/c1-20-15-9-8-13(16(11-15)17(19)21-2)7-6-12-4-3-5-14(18)10-12/h3-11H,1-2H3/b7-6+. The first-order chi connectivity index (χ1) is 10.1. The lowest BCUT2D eigenvalue weighted by Gasteiger charge is -2.07. The van der Waals surface area contributed by atoms with Gasteiger partial charge in [-0.25, -0.2) is 4.79 Å². The van der Waals surface area contributed by atoms with Crippen molar-refractivity contribution in [3.8, 4) is 5.75 Å². The minimum absolute atomic E-state index is 0.403. The number of carbonyl (C=O) groups is 1. The molecule has 0 saturated carbocycles. The molecule has 0 atom stereocenters. The van der Waals surface area contributed by atoms with Crippen LogP contribution in [-0.4, -0.2) is 20.2 Å². The Hall–Kier alpha value is -2.26. The van der Waals surface area contributed by atoms with Crippen molar-refractivity contribution in [2.24, 2.45) is 0 Å². The fraction of sp³-hybridized carbons (Fsp3) is 0.118. The molecule has 2 rings (SSSR count). The number of hydrogen-bond donors (Lipinski definition) is 0. The molecule has 3 nitrogen and oxygen atoms in total. The number of esters is 1. The molecular weight excluding hydrogens is 288 g/mol. The molecule has 0 heterocycles. The van der Waals surface area contributed by atoms with Crippen molar-refractivity contribution in [2.75, 3.05) is 14.2 Å². The normalized spacial score (nSPS) is 10.6. The van der Waals surface area contributed by atoms with Gasteiger partial charge in [0.15, 0.2) is 0 Å². The average Bonchev–Trinajstić information content (AvgIpc) is 2.52. The molecular formula is C17H15ClO3. The van der Waals surface area contributed by atoms with E-state index in [2.05, 4.69) is 0 Å². The predicted molar refractivity (Wildman–Crippen MR) is 84.7 cm³/mol. The summed E-state index contributed by atoms with van der Waals surface area (Å²) in [6, 6.07) is 12.7. The molecule has 0 fully saturated rings. The summed E-state index contributed by atoms with van der Waals surface area (Å²) >= 11 is 5.95. The lowest BCUT2D eigenvalue weighted by atomic mass is 10.1. The highest BCUT2D eigenvalue weighted by Crippen LogP contribution is 2.21. The van der Waals surface area contributed by atoms with E-state index in [-0.39, 0.29) is 0 Å². The Morgan fingerprint density at radius 1 is 1.10 bits per heavy atom. The molecule has 108 valence electrons. The van der Waals surface area contributed by atoms with Gasteiger partial charge in [-0.1, -0.05) is 42.0 Å². The molecule has 2 aromatic carbocycles. The third-order valence-corrected chi connectivity index (χ3v) is 3.20. The zero-order chi connectivity index (χ0) is 15.2. The maximum Gasteiger partial charge on any atom is 0.338 e. The van der Waals surface area contributed by atoms with Crippen molar-refractivity contribution in [1.82, 2.24) is 0 Å². The summed E-state index contributed by atoms with van der Waals surface area (Å²) in [5.74, 6) is 0.204. The fourth-order valence-corrected chi connectivity index (χ4v) is 2.09. The Bertz CT molecular complexity index is 677. The topological polar surface area (TPSA) is 35.5 Å². The molecule has 0 saturated heterocycles. The van der Waals surface area contributed by atoms with E-state index in [9.17, 15) is 4.79 Å². The van der Waals surface area contributed by atoms with Crippen molar-refractivity contribution in [1.29, 1.82) is 0 Å². The van der Waals surface area contributed by atoms with Gasteiger partial charge in [-0.15, -0.1) is 0 Å². The van der Waals surface area contributed by atoms with Crippen molar-refractivity contribution >= 4 is 29.7 Å². The molecule has 0 radical (unpaired) electrons. The van der Waals surface area contributed by atoms with Crippen LogP contribution in [0.4, 0.5) is 0 Å². The molecule has 0 N–H and O–H groups in total. The third kappa shape index (κ3) is 3.86. The molecule has 2 aromatic rings. The van der Waals surface area contributed by atoms with E-state index in [0.29, 0.717) is 16.3 Å². The third-order valence-electron chi connectivity index (χ3n) is 2.97. The van der Waals surface area contributed by atoms with E-state index in [1.807, 2.05) is 42.5 Å². The lowest BCUT2D eigenvalue weighted by molar-refractivity contribution is 0.0600. The van der Waals surface area contributed by atoms with Gasteiger partial charge in [-0.3, -0.25) is 0 Å². The van der Waals surface area contributed by atoms with E-state index < -0.39 is 5.97 Å². The quantitative estimate of drug-likeness (QED) is 0.624. The van der Waals surface area contributed by atoms with Crippen LogP contribution in [0.5, 0.6) is 5.75 Å². The van der Waals surface area contributed by atoms with Gasteiger partial charge in [0.05, 0.1) is 19.8 Å². The largest absolute Gasteiger partial charge is 0.497 e. The zero-order valence-corrected chi connectivity index (χ0v) is 12.6. The number of rotatable bonds is 4. The molecule has 0 aromatic heterocycles. The molecule has 0 aliphatic rings. The van der Waals surface area contributed by atoms with Crippen LogP contribution in [0.1, 0.15) is 21.5 Å². The minimum atomic E-state index is -0.403. The first kappa shape index (κ1) is 15.1. The predicted octanol–water partition coefficient (Wildman–Crippen LogP) is 4.31. The zero-order valence-electron chi connectivity index (χ0n) is 11.8. The van der Waals surface area contributed by atoms with Crippen LogP contribution < -0.4 is 4.74 Å². The van der Waals surface area contributed by atoms with Crippen molar-refractivity contribution in [3.63, 3.8) is 0 Å². The Morgan fingerprint density at radius 2 is 1.90 bits per heavy atom. The van der Waals surface area contributed by atoms with E-state index in [0.717, 1.165) is 11.1 Å². The van der Waals surface area contributed by atoms with Gasteiger partial charge in [0.25, 0.3) is 0 Å². The molecule has 0 amide bonds. The highest BCUT2D eigenvalue weighted by atomic mass is 35.5. The Labute approximate surface area is 128 Å². The highest BCUT2D eigenvalue weighted by molar-refractivity contribution is 6.30. The van der Waals surface area contributed by atoms with Gasteiger partial charge in [0.2, 0.25) is 0 Å². The summed E-state index contributed by atoms with van der Waals surface area (Å²) in [5, 5.41) is 0.667. The molecule has 21 heavy (non-hydrogen) atoms. The fourth-order valence-electron chi connectivity index (χ4n) is 1.89. The van der Waals surface area contributed by atoms with Gasteiger partial charge < -0.3 is 9.47 Å². The molecule has 4 heteroatoms. The molecule has 0 aliphatic heterocycles. The first-order valence-electron chi connectivity index (χ1n) is 6.34. The summed E-state index contributed by atoms with van der Waals surface area (Å²) in [6.07, 6.45) is 3.73. The van der Waals surface area contributed by atoms with Crippen LogP contribution in [0.3, 0.4) is 0 Å². The number of methoxy groups -OCH3 is 2. The van der Waals surface area contributed by atoms with E-state index in [1.165, 1.54) is 7.11 Å². The van der Waals surface area contributed by atoms with Crippen molar-refractivity contribution in [3.05, 3.63) is 64.2 Å². The second-order valence-corrected chi connectivity index (χ2v) is 4.77. The summed E-state index contributed by atoms with van der Waals surface area (Å²) in [5.41, 5.74) is 2.16. The first-order valence-corrected chi connectivity index (χ1v) is 6.72. The van der Waals surface area contributed by atoms with Crippen LogP contribution in [0, 0.1) is 0 Å². The number of halogens is 1. The van der Waals surface area contributed by atoms with E-state index in [1.54, 1.807) is 19.2 Å². The summed E-state index contributed by atoms with van der Waals surface area (Å²) in [7, 11) is 2.91. The van der Waals surface area contributed by atoms with E-state index in [4.69, 9.17) is 21.1 Å². The summed E-state index contributed by atoms with van der Waals surface area (Å²) in [6.45, 7) is 0. The summed E-state index contributed by atoms with van der Waals surface area (Å²) < 4.78 is 9.93. The average molecular weight is 303 g/mol. The lowest BCUT2D eigenvalue weighted by Crippen LogP contribution is -2.04. The number of hydrogen-bond acceptors (Lipinski definition) is 3. The van der Waals surface area contributed by atoms with Crippen LogP contribution in [0.15, 0.2) is 42.5 Å². The van der Waals surface area contributed by atoms with Crippen LogP contribution >= 0.6 is 11.6 Å². The Morgan fingerprint density at radius 3 is 2.57 bits per heavy atom. The molecule has 0 bridgehead atoms. The number of ether oxygens (including phenoxy) is 2. The van der Waals surface area contributed by atoms with Gasteiger partial charge in [-0.2, -0.15) is 0 Å². The molecule has 0 unspecified atom stereocenters. The maximum atomic E-state index is 11.8. The second kappa shape index (κ2) is 6.95. The minimum Gasteiger partial charge on any atom is -0.497 e. The van der Waals surface area contributed by atoms with Crippen molar-refractivity contribution < 1.29 is 14.3 Å². The Kier molecular flexibility index (Phi) is 5.01. The highest BCUT2D eigenvalue weighted by Gasteiger charge is 2.11. The van der Waals surface area contributed by atoms with Crippen LogP contribution in [0.25, 0.3) is 12.2 Å². The SMILES string of the molecule is COC(=O)c1cc(OC)ccc1/C=C/c1cccc(Cl)c1. The monoisotopic (exact) mass is 302 g/mol. The van der Waals surface area contributed by atoms with Gasteiger partial charge >= 0.3 is 5.97 Å². The van der Waals surface area contributed by atoms with Gasteiger partial charge in [-0.05, 0) is 35.4 Å². The van der Waals surface area contributed by atoms with Crippen molar-refractivity contribution in [2.45, 2.75) is 0 Å². The summed E-state index contributed by atoms with van der Waals surface area (Å²) in [4.78, 5) is 11.8. The maximum absolute atomic E-state index is 11.8.